The molecule has 3 rings (SSSR count). The van der Waals surface area contributed by atoms with E-state index in [0.29, 0.717) is 6.04 Å². The van der Waals surface area contributed by atoms with Crippen LogP contribution in [0.1, 0.15) is 23.6 Å². The maximum Gasteiger partial charge on any atom is 0.0769 e. The first kappa shape index (κ1) is 12.8. The van der Waals surface area contributed by atoms with Crippen LogP contribution in [0.5, 0.6) is 0 Å². The van der Waals surface area contributed by atoms with E-state index in [0.717, 1.165) is 29.9 Å². The second-order valence-corrected chi connectivity index (χ2v) is 5.48. The molecular formula is C16H20N4. The molecule has 0 spiro atoms. The number of aromatic nitrogens is 1. The Labute approximate surface area is 119 Å². The standard InChI is InChI=1S/C16H20N4/c1-20(2)16-7-8-18-10-15(16)19-14-6-3-11-9-12(17)4-5-13(11)14/h4-5,7-10,14,19H,3,6,17H2,1-2H3. The van der Waals surface area contributed by atoms with E-state index in [2.05, 4.69) is 27.3 Å². The summed E-state index contributed by atoms with van der Waals surface area (Å²) in [6.07, 6.45) is 5.89. The third kappa shape index (κ3) is 2.29. The van der Waals surface area contributed by atoms with Gasteiger partial charge in [0.05, 0.1) is 23.6 Å². The Morgan fingerprint density at radius 1 is 1.30 bits per heavy atom. The topological polar surface area (TPSA) is 54.2 Å². The van der Waals surface area contributed by atoms with E-state index in [4.69, 9.17) is 5.73 Å². The maximum atomic E-state index is 5.86. The minimum atomic E-state index is 0.341. The highest BCUT2D eigenvalue weighted by Crippen LogP contribution is 2.36. The maximum absolute atomic E-state index is 5.86. The van der Waals surface area contributed by atoms with Crippen LogP contribution >= 0.6 is 0 Å². The van der Waals surface area contributed by atoms with E-state index in [1.54, 1.807) is 0 Å². The highest BCUT2D eigenvalue weighted by atomic mass is 15.1. The molecule has 1 aromatic carbocycles. The summed E-state index contributed by atoms with van der Waals surface area (Å²) < 4.78 is 0. The fourth-order valence-corrected chi connectivity index (χ4v) is 2.86. The molecule has 1 heterocycles. The summed E-state index contributed by atoms with van der Waals surface area (Å²) in [6.45, 7) is 0. The number of hydrogen-bond acceptors (Lipinski definition) is 4. The third-order valence-electron chi connectivity index (χ3n) is 3.85. The summed E-state index contributed by atoms with van der Waals surface area (Å²) in [6, 6.07) is 8.58. The molecule has 3 N–H and O–H groups in total. The molecule has 1 unspecified atom stereocenters. The van der Waals surface area contributed by atoms with Crippen molar-refractivity contribution in [2.45, 2.75) is 18.9 Å². The Morgan fingerprint density at radius 2 is 2.15 bits per heavy atom. The quantitative estimate of drug-likeness (QED) is 0.840. The van der Waals surface area contributed by atoms with Gasteiger partial charge >= 0.3 is 0 Å². The molecule has 4 nitrogen and oxygen atoms in total. The van der Waals surface area contributed by atoms with Crippen LogP contribution in [0.4, 0.5) is 17.1 Å². The molecule has 0 radical (unpaired) electrons. The zero-order chi connectivity index (χ0) is 14.1. The van der Waals surface area contributed by atoms with Gasteiger partial charge in [-0.05, 0) is 42.2 Å². The van der Waals surface area contributed by atoms with Gasteiger partial charge in [0.2, 0.25) is 0 Å². The molecule has 2 aromatic rings. The minimum absolute atomic E-state index is 0.341. The van der Waals surface area contributed by atoms with Crippen molar-refractivity contribution in [2.24, 2.45) is 0 Å². The van der Waals surface area contributed by atoms with Gasteiger partial charge in [-0.25, -0.2) is 0 Å². The van der Waals surface area contributed by atoms with Gasteiger partial charge in [-0.2, -0.15) is 0 Å². The average molecular weight is 268 g/mol. The molecule has 1 aliphatic rings. The van der Waals surface area contributed by atoms with Crippen LogP contribution in [0.2, 0.25) is 0 Å². The van der Waals surface area contributed by atoms with Crippen molar-refractivity contribution in [3.63, 3.8) is 0 Å². The lowest BCUT2D eigenvalue weighted by Crippen LogP contribution is -2.14. The number of hydrogen-bond donors (Lipinski definition) is 2. The van der Waals surface area contributed by atoms with Crippen LogP contribution in [0, 0.1) is 0 Å². The van der Waals surface area contributed by atoms with E-state index in [1.807, 2.05) is 38.6 Å². The first-order chi connectivity index (χ1) is 9.65. The summed E-state index contributed by atoms with van der Waals surface area (Å²) in [7, 11) is 4.09. The molecule has 4 heteroatoms. The Hall–Kier alpha value is -2.23. The van der Waals surface area contributed by atoms with Crippen molar-refractivity contribution in [3.8, 4) is 0 Å². The molecule has 20 heavy (non-hydrogen) atoms. The second kappa shape index (κ2) is 5.04. The van der Waals surface area contributed by atoms with Crippen LogP contribution in [-0.4, -0.2) is 19.1 Å². The van der Waals surface area contributed by atoms with Gasteiger partial charge in [0.15, 0.2) is 0 Å². The second-order valence-electron chi connectivity index (χ2n) is 5.48. The van der Waals surface area contributed by atoms with Crippen molar-refractivity contribution in [3.05, 3.63) is 47.8 Å². The summed E-state index contributed by atoms with van der Waals surface area (Å²) in [4.78, 5) is 6.33. The van der Waals surface area contributed by atoms with Crippen LogP contribution < -0.4 is 16.0 Å². The van der Waals surface area contributed by atoms with E-state index >= 15 is 0 Å². The lowest BCUT2D eigenvalue weighted by Gasteiger charge is -2.21. The van der Waals surface area contributed by atoms with Gasteiger partial charge in [0.25, 0.3) is 0 Å². The number of anilines is 3. The highest BCUT2D eigenvalue weighted by Gasteiger charge is 2.23. The Morgan fingerprint density at radius 3 is 2.95 bits per heavy atom. The van der Waals surface area contributed by atoms with Gasteiger partial charge in [-0.15, -0.1) is 0 Å². The lowest BCUT2D eigenvalue weighted by atomic mass is 10.1. The SMILES string of the molecule is CN(C)c1ccncc1NC1CCc2cc(N)ccc21. The predicted molar refractivity (Wildman–Crippen MR) is 84.1 cm³/mol. The van der Waals surface area contributed by atoms with E-state index in [1.165, 1.54) is 11.1 Å². The van der Waals surface area contributed by atoms with Crippen LogP contribution in [0.3, 0.4) is 0 Å². The van der Waals surface area contributed by atoms with Crippen LogP contribution in [0.15, 0.2) is 36.7 Å². The summed E-state index contributed by atoms with van der Waals surface area (Å²) >= 11 is 0. The van der Waals surface area contributed by atoms with Crippen LogP contribution in [0.25, 0.3) is 0 Å². The molecule has 0 amide bonds. The molecule has 0 aliphatic heterocycles. The normalized spacial score (nSPS) is 16.8. The molecule has 0 fully saturated rings. The monoisotopic (exact) mass is 268 g/mol. The summed E-state index contributed by atoms with van der Waals surface area (Å²) in [5.74, 6) is 0. The molecule has 0 saturated carbocycles. The lowest BCUT2D eigenvalue weighted by molar-refractivity contribution is 0.761. The van der Waals surface area contributed by atoms with Gasteiger partial charge in [0, 0.05) is 26.0 Å². The highest BCUT2D eigenvalue weighted by molar-refractivity contribution is 5.69. The van der Waals surface area contributed by atoms with Gasteiger partial charge < -0.3 is 16.0 Å². The molecule has 104 valence electrons. The van der Waals surface area contributed by atoms with E-state index < -0.39 is 0 Å². The zero-order valence-corrected chi connectivity index (χ0v) is 11.9. The number of nitrogens with two attached hydrogens (primary N) is 1. The van der Waals surface area contributed by atoms with E-state index in [-0.39, 0.29) is 0 Å². The van der Waals surface area contributed by atoms with Crippen LogP contribution in [-0.2, 0) is 6.42 Å². The largest absolute Gasteiger partial charge is 0.399 e. The minimum Gasteiger partial charge on any atom is -0.399 e. The Balaban J connectivity index is 1.88. The Bertz CT molecular complexity index is 622. The first-order valence-electron chi connectivity index (χ1n) is 6.91. The number of pyridine rings is 1. The number of fused-ring (bicyclic) bond motifs is 1. The van der Waals surface area contributed by atoms with Crippen molar-refractivity contribution in [2.75, 3.05) is 30.0 Å². The van der Waals surface area contributed by atoms with Crippen molar-refractivity contribution >= 4 is 17.1 Å². The fourth-order valence-electron chi connectivity index (χ4n) is 2.86. The number of benzene rings is 1. The first-order valence-corrected chi connectivity index (χ1v) is 6.91. The van der Waals surface area contributed by atoms with Crippen molar-refractivity contribution in [1.82, 2.24) is 4.98 Å². The zero-order valence-electron chi connectivity index (χ0n) is 11.9. The van der Waals surface area contributed by atoms with Crippen molar-refractivity contribution in [1.29, 1.82) is 0 Å². The van der Waals surface area contributed by atoms with Crippen molar-refractivity contribution < 1.29 is 0 Å². The molecule has 0 bridgehead atoms. The molecule has 1 aliphatic carbocycles. The summed E-state index contributed by atoms with van der Waals surface area (Å²) in [5.41, 5.74) is 11.6. The number of aryl methyl sites for hydroxylation is 1. The van der Waals surface area contributed by atoms with Gasteiger partial charge in [-0.1, -0.05) is 6.07 Å². The Kier molecular flexibility index (Phi) is 3.22. The molecular weight excluding hydrogens is 248 g/mol. The van der Waals surface area contributed by atoms with E-state index in [9.17, 15) is 0 Å². The third-order valence-corrected chi connectivity index (χ3v) is 3.85. The summed E-state index contributed by atoms with van der Waals surface area (Å²) in [5, 5.41) is 3.62. The van der Waals surface area contributed by atoms with Gasteiger partial charge in [-0.3, -0.25) is 4.98 Å². The predicted octanol–water partition coefficient (Wildman–Crippen LogP) is 2.83. The molecule has 1 aromatic heterocycles. The number of nitrogens with zero attached hydrogens (tertiary/aromatic N) is 2. The van der Waals surface area contributed by atoms with Gasteiger partial charge in [0.1, 0.15) is 0 Å². The number of nitrogen functional groups attached to an aromatic ring is 1. The number of nitrogens with one attached hydrogen (secondary N) is 1. The molecule has 0 saturated heterocycles. The molecule has 1 atom stereocenters. The average Bonchev–Trinajstić information content (AvgIpc) is 2.81. The fraction of sp³-hybridized carbons (Fsp3) is 0.312. The number of rotatable bonds is 3. The smallest absolute Gasteiger partial charge is 0.0769 e.